The van der Waals surface area contributed by atoms with Crippen molar-refractivity contribution in [3.8, 4) is 0 Å². The number of hydrogen-bond donors (Lipinski definition) is 3. The van der Waals surface area contributed by atoms with Crippen LogP contribution in [0.15, 0.2) is 24.3 Å². The van der Waals surface area contributed by atoms with Gasteiger partial charge in [-0.15, -0.1) is 0 Å². The second-order valence-corrected chi connectivity index (χ2v) is 8.67. The summed E-state index contributed by atoms with van der Waals surface area (Å²) in [6.45, 7) is 0. The third-order valence-electron chi connectivity index (χ3n) is 7.18. The molecule has 0 saturated heterocycles. The van der Waals surface area contributed by atoms with Gasteiger partial charge in [0.25, 0.3) is 5.91 Å². The summed E-state index contributed by atoms with van der Waals surface area (Å²) < 4.78 is 0. The summed E-state index contributed by atoms with van der Waals surface area (Å²) in [5.41, 5.74) is 1.27. The fraction of sp³-hybridized carbons (Fsp3) is 0.619. The second-order valence-electron chi connectivity index (χ2n) is 8.67. The fourth-order valence-corrected chi connectivity index (χ4v) is 5.84. The number of carbonyl (C=O) groups is 2. The Labute approximate surface area is 154 Å². The number of rotatable bonds is 2. The molecular weight excluding hydrogens is 326 g/mol. The molecule has 2 amide bonds. The van der Waals surface area contributed by atoms with Gasteiger partial charge in [-0.05, 0) is 56.6 Å². The summed E-state index contributed by atoms with van der Waals surface area (Å²) in [7, 11) is 0. The van der Waals surface area contributed by atoms with Crippen LogP contribution in [0.3, 0.4) is 0 Å². The van der Waals surface area contributed by atoms with Gasteiger partial charge in [0.05, 0.1) is 5.56 Å². The number of nitrogens with one attached hydrogen (secondary N) is 3. The van der Waals surface area contributed by atoms with Crippen LogP contribution in [0.5, 0.6) is 0 Å². The number of fused-ring (bicyclic) bond motifs is 3. The number of para-hydroxylation sites is 1. The Balaban J connectivity index is 1.34. The Morgan fingerprint density at radius 2 is 1.88 bits per heavy atom. The van der Waals surface area contributed by atoms with E-state index in [1.54, 1.807) is 0 Å². The van der Waals surface area contributed by atoms with Crippen LogP contribution in [0.4, 0.5) is 5.69 Å². The Hall–Kier alpha value is -2.04. The van der Waals surface area contributed by atoms with Gasteiger partial charge in [0.1, 0.15) is 5.66 Å². The largest absolute Gasteiger partial charge is 0.362 e. The molecule has 5 heteroatoms. The average molecular weight is 353 g/mol. The van der Waals surface area contributed by atoms with E-state index in [-0.39, 0.29) is 23.4 Å². The van der Waals surface area contributed by atoms with Crippen molar-refractivity contribution in [3.63, 3.8) is 0 Å². The number of benzene rings is 1. The van der Waals surface area contributed by atoms with E-state index in [1.807, 2.05) is 24.3 Å². The van der Waals surface area contributed by atoms with E-state index in [1.165, 1.54) is 12.8 Å². The summed E-state index contributed by atoms with van der Waals surface area (Å²) in [6, 6.07) is 8.11. The second kappa shape index (κ2) is 6.00. The highest BCUT2D eigenvalue weighted by Gasteiger charge is 2.55. The number of hydrogen-bond acceptors (Lipinski definition) is 3. The zero-order chi connectivity index (χ0) is 17.7. The van der Waals surface area contributed by atoms with E-state index in [2.05, 4.69) is 16.0 Å². The standard InChI is InChI=1S/C21H27N3O2/c25-19(22-15-5-1-2-6-15)17-11-14-10-9-13(17)12-21(14)23-18-8-4-3-7-16(18)20(26)24-21/h3-4,7-8,13-15,17,23H,1-2,5-6,9-12H2,(H,22,25)(H,24,26)/t13-,14-,17+,21-/m1/s1. The van der Waals surface area contributed by atoms with Gasteiger partial charge >= 0.3 is 0 Å². The first kappa shape index (κ1) is 16.2. The van der Waals surface area contributed by atoms with Crippen LogP contribution in [0, 0.1) is 17.8 Å². The molecule has 26 heavy (non-hydrogen) atoms. The third-order valence-corrected chi connectivity index (χ3v) is 7.18. The van der Waals surface area contributed by atoms with Crippen LogP contribution in [0.2, 0.25) is 0 Å². The van der Waals surface area contributed by atoms with Gasteiger partial charge in [0, 0.05) is 23.6 Å². The van der Waals surface area contributed by atoms with Crippen molar-refractivity contribution in [3.05, 3.63) is 29.8 Å². The Bertz CT molecular complexity index is 743. The molecule has 3 N–H and O–H groups in total. The molecule has 1 aromatic rings. The van der Waals surface area contributed by atoms with Gasteiger partial charge in [-0.2, -0.15) is 0 Å². The van der Waals surface area contributed by atoms with E-state index < -0.39 is 0 Å². The first-order valence-corrected chi connectivity index (χ1v) is 10.1. The van der Waals surface area contributed by atoms with Crippen LogP contribution in [-0.2, 0) is 4.79 Å². The number of anilines is 1. The van der Waals surface area contributed by atoms with Crippen molar-refractivity contribution in [2.45, 2.75) is 63.1 Å². The summed E-state index contributed by atoms with van der Waals surface area (Å²) in [6.07, 6.45) is 8.62. The molecule has 4 saturated carbocycles. The number of carbonyl (C=O) groups excluding carboxylic acids is 2. The van der Waals surface area contributed by atoms with E-state index in [0.29, 0.717) is 17.9 Å². The van der Waals surface area contributed by atoms with Gasteiger partial charge < -0.3 is 16.0 Å². The summed E-state index contributed by atoms with van der Waals surface area (Å²) in [5.74, 6) is 1.03. The molecule has 5 aliphatic rings. The molecule has 5 nitrogen and oxygen atoms in total. The molecule has 0 unspecified atom stereocenters. The molecule has 4 aliphatic carbocycles. The molecular formula is C21H27N3O2. The summed E-state index contributed by atoms with van der Waals surface area (Å²) in [4.78, 5) is 25.5. The highest BCUT2D eigenvalue weighted by molar-refractivity contribution is 6.02. The highest BCUT2D eigenvalue weighted by Crippen LogP contribution is 2.51. The van der Waals surface area contributed by atoms with Gasteiger partial charge in [0.15, 0.2) is 0 Å². The maximum atomic E-state index is 12.9. The lowest BCUT2D eigenvalue weighted by molar-refractivity contribution is -0.132. The molecule has 6 rings (SSSR count). The number of amides is 2. The van der Waals surface area contributed by atoms with Crippen LogP contribution < -0.4 is 16.0 Å². The molecule has 1 aliphatic heterocycles. The molecule has 4 atom stereocenters. The molecule has 4 fully saturated rings. The molecule has 1 aromatic carbocycles. The zero-order valence-electron chi connectivity index (χ0n) is 15.1. The van der Waals surface area contributed by atoms with Crippen LogP contribution in [0.1, 0.15) is 61.7 Å². The van der Waals surface area contributed by atoms with Crippen molar-refractivity contribution < 1.29 is 9.59 Å². The fourth-order valence-electron chi connectivity index (χ4n) is 5.84. The minimum atomic E-state index is -0.376. The van der Waals surface area contributed by atoms with Crippen molar-refractivity contribution in [1.82, 2.24) is 10.6 Å². The predicted octanol–water partition coefficient (Wildman–Crippen LogP) is 3.03. The Kier molecular flexibility index (Phi) is 3.73. The highest BCUT2D eigenvalue weighted by atomic mass is 16.2. The normalized spacial score (nSPS) is 35.7. The SMILES string of the molecule is O=C1N[C@@]2(C[C@H]3CC[C@@H]2C[C@@H]3C(=O)NC2CCCC2)Nc2ccccc21. The maximum Gasteiger partial charge on any atom is 0.255 e. The molecule has 0 aromatic heterocycles. The van der Waals surface area contributed by atoms with Crippen molar-refractivity contribution in [2.24, 2.45) is 17.8 Å². The van der Waals surface area contributed by atoms with Crippen LogP contribution >= 0.6 is 0 Å². The van der Waals surface area contributed by atoms with Crippen LogP contribution in [0.25, 0.3) is 0 Å². The van der Waals surface area contributed by atoms with Gasteiger partial charge in [-0.1, -0.05) is 25.0 Å². The minimum absolute atomic E-state index is 0.0128. The first-order valence-electron chi connectivity index (χ1n) is 10.1. The summed E-state index contributed by atoms with van der Waals surface area (Å²) in [5, 5.41) is 10.2. The quantitative estimate of drug-likeness (QED) is 0.765. The van der Waals surface area contributed by atoms with Crippen molar-refractivity contribution >= 4 is 17.5 Å². The molecule has 138 valence electrons. The Morgan fingerprint density at radius 3 is 2.65 bits per heavy atom. The van der Waals surface area contributed by atoms with Gasteiger partial charge in [-0.3, -0.25) is 9.59 Å². The molecule has 0 radical (unpaired) electrons. The Morgan fingerprint density at radius 1 is 1.08 bits per heavy atom. The molecule has 1 heterocycles. The predicted molar refractivity (Wildman–Crippen MR) is 99.6 cm³/mol. The molecule has 2 bridgehead atoms. The topological polar surface area (TPSA) is 70.2 Å². The van der Waals surface area contributed by atoms with Gasteiger partial charge in [-0.25, -0.2) is 0 Å². The van der Waals surface area contributed by atoms with E-state index in [0.717, 1.165) is 49.8 Å². The van der Waals surface area contributed by atoms with Crippen molar-refractivity contribution in [1.29, 1.82) is 0 Å². The maximum absolute atomic E-state index is 12.9. The van der Waals surface area contributed by atoms with Crippen molar-refractivity contribution in [2.75, 3.05) is 5.32 Å². The first-order chi connectivity index (χ1) is 12.6. The zero-order valence-corrected chi connectivity index (χ0v) is 15.1. The smallest absolute Gasteiger partial charge is 0.255 e. The van der Waals surface area contributed by atoms with E-state index in [9.17, 15) is 9.59 Å². The average Bonchev–Trinajstić information content (AvgIpc) is 3.15. The third kappa shape index (κ3) is 2.51. The molecule has 1 spiro atoms. The van der Waals surface area contributed by atoms with E-state index >= 15 is 0 Å². The van der Waals surface area contributed by atoms with E-state index in [4.69, 9.17) is 0 Å². The minimum Gasteiger partial charge on any atom is -0.362 e. The van der Waals surface area contributed by atoms with Crippen LogP contribution in [-0.4, -0.2) is 23.5 Å². The lowest BCUT2D eigenvalue weighted by Crippen LogP contribution is -2.68. The van der Waals surface area contributed by atoms with Gasteiger partial charge in [0.2, 0.25) is 5.91 Å². The lowest BCUT2D eigenvalue weighted by Gasteiger charge is -2.56. The summed E-state index contributed by atoms with van der Waals surface area (Å²) >= 11 is 0. The monoisotopic (exact) mass is 353 g/mol. The lowest BCUT2D eigenvalue weighted by atomic mass is 9.58.